The predicted molar refractivity (Wildman–Crippen MR) is 135 cm³/mol. The van der Waals surface area contributed by atoms with Gasteiger partial charge in [-0.15, -0.1) is 11.3 Å². The van der Waals surface area contributed by atoms with Gasteiger partial charge in [0.1, 0.15) is 9.79 Å². The Morgan fingerprint density at radius 1 is 0.735 bits per heavy atom. The van der Waals surface area contributed by atoms with Gasteiger partial charge in [0.05, 0.1) is 0 Å². The minimum atomic E-state index is -4.16. The summed E-state index contributed by atoms with van der Waals surface area (Å²) in [6, 6.07) is 13.0. The lowest BCUT2D eigenvalue weighted by Crippen LogP contribution is -2.13. The molecule has 6 nitrogen and oxygen atoms in total. The third-order valence-corrected chi connectivity index (χ3v) is 8.56. The summed E-state index contributed by atoms with van der Waals surface area (Å²) in [5, 5.41) is 2.79. The molecule has 0 N–H and O–H groups in total. The van der Waals surface area contributed by atoms with E-state index >= 15 is 0 Å². The van der Waals surface area contributed by atoms with E-state index in [9.17, 15) is 16.8 Å². The molecule has 0 aliphatic carbocycles. The summed E-state index contributed by atoms with van der Waals surface area (Å²) in [6.45, 7) is 6.18. The minimum Gasteiger partial charge on any atom is -0.374 e. The van der Waals surface area contributed by atoms with E-state index < -0.39 is 20.2 Å². The van der Waals surface area contributed by atoms with Crippen LogP contribution in [0.3, 0.4) is 0 Å². The Kier molecular flexibility index (Phi) is 8.78. The van der Waals surface area contributed by atoms with E-state index in [2.05, 4.69) is 6.92 Å². The number of rotatable bonds is 12. The van der Waals surface area contributed by atoms with Gasteiger partial charge in [-0.25, -0.2) is 0 Å². The molecule has 2 aromatic carbocycles. The molecule has 0 saturated carbocycles. The molecule has 0 amide bonds. The van der Waals surface area contributed by atoms with Gasteiger partial charge in [-0.2, -0.15) is 16.8 Å². The van der Waals surface area contributed by atoms with Crippen molar-refractivity contribution in [1.82, 2.24) is 0 Å². The lowest BCUT2D eigenvalue weighted by Gasteiger charge is -2.11. The Bertz CT molecular complexity index is 1270. The van der Waals surface area contributed by atoms with Gasteiger partial charge in [-0.1, -0.05) is 64.3 Å². The first-order chi connectivity index (χ1) is 16.1. The number of hydrogen-bond donors (Lipinski definition) is 0. The van der Waals surface area contributed by atoms with Crippen LogP contribution < -0.4 is 8.37 Å². The van der Waals surface area contributed by atoms with Gasteiger partial charge in [-0.05, 0) is 54.2 Å². The second kappa shape index (κ2) is 11.4. The fraction of sp³-hybridized carbons (Fsp3) is 0.360. The largest absolute Gasteiger partial charge is 0.374 e. The fourth-order valence-corrected chi connectivity index (χ4v) is 5.96. The summed E-state index contributed by atoms with van der Waals surface area (Å²) >= 11 is 1.08. The van der Waals surface area contributed by atoms with Crippen molar-refractivity contribution in [2.45, 2.75) is 68.6 Å². The van der Waals surface area contributed by atoms with Crippen molar-refractivity contribution in [1.29, 1.82) is 0 Å². The molecule has 0 bridgehead atoms. The molecule has 0 saturated heterocycles. The van der Waals surface area contributed by atoms with Crippen molar-refractivity contribution >= 4 is 31.6 Å². The average molecular weight is 523 g/mol. The SMILES string of the molecule is CCCCCCc1ccc(S(=O)(=O)Oc2cscc2OS(=O)(=O)c2ccc(C(C)C)cc2)cc1. The zero-order chi connectivity index (χ0) is 24.8. The molecular formula is C25H30O6S3. The molecule has 0 spiro atoms. The van der Waals surface area contributed by atoms with E-state index in [0.717, 1.165) is 48.1 Å². The van der Waals surface area contributed by atoms with E-state index in [1.54, 1.807) is 24.3 Å². The standard InChI is InChI=1S/C25H30O6S3/c1-4-5-6-7-8-20-9-13-22(14-10-20)33(26,27)30-24-17-32-18-25(24)31-34(28,29)23-15-11-21(12-16-23)19(2)3/h9-19H,4-8H2,1-3H3. The van der Waals surface area contributed by atoms with E-state index in [4.69, 9.17) is 8.37 Å². The van der Waals surface area contributed by atoms with Gasteiger partial charge in [0.25, 0.3) is 0 Å². The Morgan fingerprint density at radius 2 is 1.24 bits per heavy atom. The third-order valence-electron chi connectivity index (χ3n) is 5.36. The summed E-state index contributed by atoms with van der Waals surface area (Å²) in [6.07, 6.45) is 5.44. The quantitative estimate of drug-likeness (QED) is 0.199. The number of unbranched alkanes of at least 4 members (excludes halogenated alkanes) is 3. The van der Waals surface area contributed by atoms with Crippen molar-refractivity contribution in [2.75, 3.05) is 0 Å². The predicted octanol–water partition coefficient (Wildman–Crippen LogP) is 6.53. The maximum absolute atomic E-state index is 12.8. The molecule has 34 heavy (non-hydrogen) atoms. The van der Waals surface area contributed by atoms with Crippen LogP contribution in [0.1, 0.15) is 63.5 Å². The van der Waals surface area contributed by atoms with Gasteiger partial charge in [-0.3, -0.25) is 0 Å². The zero-order valence-electron chi connectivity index (χ0n) is 19.6. The van der Waals surface area contributed by atoms with Gasteiger partial charge in [0, 0.05) is 10.8 Å². The number of thiophene rings is 1. The summed E-state index contributed by atoms with van der Waals surface area (Å²) in [5.74, 6) is -0.0834. The van der Waals surface area contributed by atoms with Crippen LogP contribution in [0, 0.1) is 0 Å². The van der Waals surface area contributed by atoms with Crippen LogP contribution in [-0.2, 0) is 26.7 Å². The van der Waals surface area contributed by atoms with Gasteiger partial charge < -0.3 is 8.37 Å². The first kappa shape index (κ1) is 26.2. The maximum atomic E-state index is 12.8. The topological polar surface area (TPSA) is 86.7 Å². The van der Waals surface area contributed by atoms with Crippen LogP contribution in [-0.4, -0.2) is 16.8 Å². The van der Waals surface area contributed by atoms with Gasteiger partial charge in [0.2, 0.25) is 0 Å². The molecule has 0 aliphatic heterocycles. The van der Waals surface area contributed by atoms with Crippen LogP contribution in [0.25, 0.3) is 0 Å². The highest BCUT2D eigenvalue weighted by Crippen LogP contribution is 2.36. The van der Waals surface area contributed by atoms with E-state index in [1.165, 1.54) is 41.4 Å². The van der Waals surface area contributed by atoms with E-state index in [0.29, 0.717) is 0 Å². The third kappa shape index (κ3) is 6.84. The smallest absolute Gasteiger partial charge is 0.339 e. The first-order valence-corrected chi connectivity index (χ1v) is 15.0. The second-order valence-electron chi connectivity index (χ2n) is 8.35. The van der Waals surface area contributed by atoms with E-state index in [-0.39, 0.29) is 27.2 Å². The highest BCUT2D eigenvalue weighted by Gasteiger charge is 2.24. The van der Waals surface area contributed by atoms with Crippen molar-refractivity contribution in [3.05, 3.63) is 70.4 Å². The molecule has 0 fully saturated rings. The van der Waals surface area contributed by atoms with Gasteiger partial charge in [0.15, 0.2) is 11.5 Å². The lowest BCUT2D eigenvalue weighted by atomic mass is 10.0. The van der Waals surface area contributed by atoms with Crippen molar-refractivity contribution in [3.8, 4) is 11.5 Å². The van der Waals surface area contributed by atoms with Crippen LogP contribution in [0.5, 0.6) is 11.5 Å². The fourth-order valence-electron chi connectivity index (χ4n) is 3.33. The number of benzene rings is 2. The molecule has 9 heteroatoms. The summed E-state index contributed by atoms with van der Waals surface area (Å²) < 4.78 is 61.4. The van der Waals surface area contributed by atoms with Crippen LogP contribution in [0.4, 0.5) is 0 Å². The molecule has 0 aliphatic rings. The number of aryl methyl sites for hydroxylation is 1. The lowest BCUT2D eigenvalue weighted by molar-refractivity contribution is 0.451. The Labute approximate surface area is 206 Å². The minimum absolute atomic E-state index is 0.00547. The molecular weight excluding hydrogens is 492 g/mol. The molecule has 184 valence electrons. The normalized spacial score (nSPS) is 12.1. The van der Waals surface area contributed by atoms with Crippen LogP contribution in [0.15, 0.2) is 69.1 Å². The molecule has 0 atom stereocenters. The average Bonchev–Trinajstić information content (AvgIpc) is 3.22. The van der Waals surface area contributed by atoms with E-state index in [1.807, 2.05) is 13.8 Å². The summed E-state index contributed by atoms with van der Waals surface area (Å²) in [4.78, 5) is -0.0273. The highest BCUT2D eigenvalue weighted by atomic mass is 32.2. The maximum Gasteiger partial charge on any atom is 0.339 e. The Morgan fingerprint density at radius 3 is 1.71 bits per heavy atom. The highest BCUT2D eigenvalue weighted by molar-refractivity contribution is 7.87. The van der Waals surface area contributed by atoms with Crippen molar-refractivity contribution in [3.63, 3.8) is 0 Å². The summed E-state index contributed by atoms with van der Waals surface area (Å²) in [7, 11) is -8.31. The molecule has 0 unspecified atom stereocenters. The van der Waals surface area contributed by atoms with Crippen molar-refractivity contribution in [2.24, 2.45) is 0 Å². The molecule has 3 aromatic rings. The summed E-state index contributed by atoms with van der Waals surface area (Å²) in [5.41, 5.74) is 2.06. The van der Waals surface area contributed by atoms with Crippen LogP contribution in [0.2, 0.25) is 0 Å². The molecule has 1 heterocycles. The molecule has 1 aromatic heterocycles. The molecule has 0 radical (unpaired) electrons. The zero-order valence-corrected chi connectivity index (χ0v) is 22.0. The second-order valence-corrected chi connectivity index (χ2v) is 12.2. The Hall–Kier alpha value is -2.36. The monoisotopic (exact) mass is 522 g/mol. The number of hydrogen-bond acceptors (Lipinski definition) is 7. The van der Waals surface area contributed by atoms with Gasteiger partial charge >= 0.3 is 20.2 Å². The van der Waals surface area contributed by atoms with Crippen LogP contribution >= 0.6 is 11.3 Å². The Balaban J connectivity index is 1.71. The molecule has 3 rings (SSSR count). The first-order valence-electron chi connectivity index (χ1n) is 11.3. The van der Waals surface area contributed by atoms with Crippen molar-refractivity contribution < 1.29 is 25.2 Å².